The molecule has 0 aromatic heterocycles. The normalized spacial score (nSPS) is 18.7. The first-order valence-electron chi connectivity index (χ1n) is 5.05. The lowest BCUT2D eigenvalue weighted by molar-refractivity contribution is 0.570. The summed E-state index contributed by atoms with van der Waals surface area (Å²) in [6.45, 7) is 0. The van der Waals surface area contributed by atoms with Crippen molar-refractivity contribution in [3.63, 3.8) is 0 Å². The molecule has 0 atom stereocenters. The fraction of sp³-hybridized carbons (Fsp3) is 0.417. The van der Waals surface area contributed by atoms with Crippen molar-refractivity contribution in [2.24, 2.45) is 0 Å². The van der Waals surface area contributed by atoms with E-state index in [4.69, 9.17) is 11.6 Å². The number of nitrogens with zero attached hydrogens (tertiary/aromatic N) is 1. The molecule has 1 aromatic carbocycles. The molecule has 0 N–H and O–H groups in total. The molecular formula is C12H11BrClN. The maximum Gasteiger partial charge on any atom is 0.0847 e. The first-order valence-corrected chi connectivity index (χ1v) is 6.22. The summed E-state index contributed by atoms with van der Waals surface area (Å²) in [6.07, 6.45) is 4.08. The van der Waals surface area contributed by atoms with Crippen molar-refractivity contribution in [1.82, 2.24) is 0 Å². The van der Waals surface area contributed by atoms with Crippen LogP contribution in [-0.4, -0.2) is 0 Å². The second kappa shape index (κ2) is 4.15. The number of rotatable bonds is 1. The molecule has 0 amide bonds. The Morgan fingerprint density at radius 3 is 2.53 bits per heavy atom. The van der Waals surface area contributed by atoms with Crippen LogP contribution in [0.2, 0.25) is 5.02 Å². The number of nitriles is 1. The van der Waals surface area contributed by atoms with Gasteiger partial charge in [0.05, 0.1) is 11.5 Å². The highest BCUT2D eigenvalue weighted by Gasteiger charge is 2.38. The van der Waals surface area contributed by atoms with Crippen molar-refractivity contribution >= 4 is 27.5 Å². The van der Waals surface area contributed by atoms with Crippen molar-refractivity contribution in [3.05, 3.63) is 33.3 Å². The average molecular weight is 285 g/mol. The zero-order valence-corrected chi connectivity index (χ0v) is 10.6. The molecule has 1 aromatic rings. The van der Waals surface area contributed by atoms with E-state index in [1.54, 1.807) is 0 Å². The molecule has 0 spiro atoms. The topological polar surface area (TPSA) is 23.8 Å². The first-order chi connectivity index (χ1) is 7.19. The Hall–Kier alpha value is -0.520. The van der Waals surface area contributed by atoms with Gasteiger partial charge in [-0.3, -0.25) is 0 Å². The van der Waals surface area contributed by atoms with Crippen LogP contribution in [0.15, 0.2) is 22.7 Å². The van der Waals surface area contributed by atoms with E-state index in [0.29, 0.717) is 5.02 Å². The van der Waals surface area contributed by atoms with Gasteiger partial charge in [-0.1, -0.05) is 46.4 Å². The molecule has 0 saturated heterocycles. The highest BCUT2D eigenvalue weighted by Crippen LogP contribution is 2.46. The zero-order chi connectivity index (χ0) is 10.9. The van der Waals surface area contributed by atoms with Gasteiger partial charge in [0.25, 0.3) is 0 Å². The van der Waals surface area contributed by atoms with Crippen LogP contribution >= 0.6 is 27.5 Å². The minimum absolute atomic E-state index is 0.364. The summed E-state index contributed by atoms with van der Waals surface area (Å²) in [4.78, 5) is 0. The first kappa shape index (κ1) is 11.0. The van der Waals surface area contributed by atoms with Crippen LogP contribution in [0.25, 0.3) is 0 Å². The molecule has 1 fully saturated rings. The van der Waals surface area contributed by atoms with Crippen LogP contribution in [0.5, 0.6) is 0 Å². The Kier molecular flexibility index (Phi) is 3.04. The van der Waals surface area contributed by atoms with E-state index in [-0.39, 0.29) is 5.41 Å². The average Bonchev–Trinajstić information content (AvgIpc) is 2.67. The number of hydrogen-bond acceptors (Lipinski definition) is 1. The van der Waals surface area contributed by atoms with Crippen molar-refractivity contribution in [2.75, 3.05) is 0 Å². The molecule has 1 aliphatic rings. The van der Waals surface area contributed by atoms with Gasteiger partial charge in [-0.2, -0.15) is 5.26 Å². The van der Waals surface area contributed by atoms with E-state index in [1.807, 2.05) is 18.2 Å². The van der Waals surface area contributed by atoms with Crippen LogP contribution < -0.4 is 0 Å². The smallest absolute Gasteiger partial charge is 0.0847 e. The minimum atomic E-state index is -0.364. The van der Waals surface area contributed by atoms with Crippen molar-refractivity contribution in [1.29, 1.82) is 5.26 Å². The summed E-state index contributed by atoms with van der Waals surface area (Å²) >= 11 is 9.69. The molecule has 3 heteroatoms. The standard InChI is InChI=1S/C12H11BrClN/c13-9-4-3-5-10(14)11(9)12(8-15)6-1-2-7-12/h3-5H,1-2,6-7H2. The van der Waals surface area contributed by atoms with Gasteiger partial charge in [-0.05, 0) is 25.0 Å². The van der Waals surface area contributed by atoms with Gasteiger partial charge in [0, 0.05) is 15.1 Å². The third-order valence-electron chi connectivity index (χ3n) is 3.11. The van der Waals surface area contributed by atoms with Gasteiger partial charge >= 0.3 is 0 Å². The molecule has 0 heterocycles. The van der Waals surface area contributed by atoms with E-state index in [0.717, 1.165) is 35.7 Å². The molecule has 0 bridgehead atoms. The maximum absolute atomic E-state index is 9.39. The monoisotopic (exact) mass is 283 g/mol. The van der Waals surface area contributed by atoms with E-state index in [1.165, 1.54) is 0 Å². The molecule has 78 valence electrons. The lowest BCUT2D eigenvalue weighted by Crippen LogP contribution is -2.20. The maximum atomic E-state index is 9.39. The van der Waals surface area contributed by atoms with Gasteiger partial charge in [-0.25, -0.2) is 0 Å². The Labute approximate surface area is 103 Å². The SMILES string of the molecule is N#CC1(c2c(Cl)cccc2Br)CCCC1. The summed E-state index contributed by atoms with van der Waals surface area (Å²) in [5.41, 5.74) is 0.614. The third-order valence-corrected chi connectivity index (χ3v) is 4.09. The molecule has 0 unspecified atom stereocenters. The second-order valence-electron chi connectivity index (χ2n) is 4.00. The van der Waals surface area contributed by atoms with E-state index in [9.17, 15) is 5.26 Å². The summed E-state index contributed by atoms with van der Waals surface area (Å²) in [6, 6.07) is 8.18. The number of benzene rings is 1. The van der Waals surface area contributed by atoms with Crippen LogP contribution in [0.3, 0.4) is 0 Å². The van der Waals surface area contributed by atoms with Crippen molar-refractivity contribution < 1.29 is 0 Å². The highest BCUT2D eigenvalue weighted by atomic mass is 79.9. The number of hydrogen-bond donors (Lipinski definition) is 0. The second-order valence-corrected chi connectivity index (χ2v) is 5.26. The lowest BCUT2D eigenvalue weighted by atomic mass is 9.80. The minimum Gasteiger partial charge on any atom is -0.197 e. The predicted molar refractivity (Wildman–Crippen MR) is 64.9 cm³/mol. The van der Waals surface area contributed by atoms with Crippen LogP contribution in [0, 0.1) is 11.3 Å². The van der Waals surface area contributed by atoms with E-state index < -0.39 is 0 Å². The molecule has 15 heavy (non-hydrogen) atoms. The fourth-order valence-corrected chi connectivity index (χ4v) is 3.57. The fourth-order valence-electron chi connectivity index (χ4n) is 2.35. The van der Waals surface area contributed by atoms with Gasteiger partial charge in [-0.15, -0.1) is 0 Å². The van der Waals surface area contributed by atoms with Crippen LogP contribution in [0.4, 0.5) is 0 Å². The summed E-state index contributed by atoms with van der Waals surface area (Å²) < 4.78 is 0.957. The van der Waals surface area contributed by atoms with Crippen LogP contribution in [0.1, 0.15) is 31.2 Å². The van der Waals surface area contributed by atoms with Gasteiger partial charge in [0.15, 0.2) is 0 Å². The summed E-state index contributed by atoms with van der Waals surface area (Å²) in [5.74, 6) is 0. The number of halogens is 2. The molecule has 1 nitrogen and oxygen atoms in total. The quantitative estimate of drug-likeness (QED) is 0.748. The Morgan fingerprint density at radius 1 is 1.33 bits per heavy atom. The molecular weight excluding hydrogens is 273 g/mol. The molecule has 0 aliphatic heterocycles. The van der Waals surface area contributed by atoms with E-state index in [2.05, 4.69) is 22.0 Å². The van der Waals surface area contributed by atoms with Crippen LogP contribution in [-0.2, 0) is 5.41 Å². The molecule has 1 aliphatic carbocycles. The zero-order valence-electron chi connectivity index (χ0n) is 8.26. The molecule has 2 rings (SSSR count). The van der Waals surface area contributed by atoms with Crippen molar-refractivity contribution in [3.8, 4) is 6.07 Å². The Bertz CT molecular complexity index is 396. The third kappa shape index (κ3) is 1.79. The van der Waals surface area contributed by atoms with Crippen molar-refractivity contribution in [2.45, 2.75) is 31.1 Å². The van der Waals surface area contributed by atoms with E-state index >= 15 is 0 Å². The molecule has 1 saturated carbocycles. The predicted octanol–water partition coefficient (Wildman–Crippen LogP) is 4.44. The Morgan fingerprint density at radius 2 is 2.00 bits per heavy atom. The highest BCUT2D eigenvalue weighted by molar-refractivity contribution is 9.10. The summed E-state index contributed by atoms with van der Waals surface area (Å²) in [5, 5.41) is 10.1. The molecule has 0 radical (unpaired) electrons. The van der Waals surface area contributed by atoms with Gasteiger partial charge in [0.2, 0.25) is 0 Å². The largest absolute Gasteiger partial charge is 0.197 e. The van der Waals surface area contributed by atoms with Gasteiger partial charge in [0.1, 0.15) is 0 Å². The lowest BCUT2D eigenvalue weighted by Gasteiger charge is -2.23. The summed E-state index contributed by atoms with van der Waals surface area (Å²) in [7, 11) is 0. The van der Waals surface area contributed by atoms with Gasteiger partial charge < -0.3 is 0 Å². The Balaban J connectivity index is 2.57.